The highest BCUT2D eigenvalue weighted by Crippen LogP contribution is 2.30. The van der Waals surface area contributed by atoms with Crippen molar-refractivity contribution in [3.63, 3.8) is 0 Å². The SMILES string of the molecule is CC(=O)N1CCCc2ccc(S(=O)(=O)Nc3ccc4ncccc4c3)cc21. The lowest BCUT2D eigenvalue weighted by Gasteiger charge is -2.29. The molecule has 138 valence electrons. The predicted molar refractivity (Wildman–Crippen MR) is 105 cm³/mol. The molecule has 0 unspecified atom stereocenters. The van der Waals surface area contributed by atoms with Crippen LogP contribution in [-0.4, -0.2) is 25.9 Å². The summed E-state index contributed by atoms with van der Waals surface area (Å²) in [4.78, 5) is 17.9. The number of rotatable bonds is 3. The van der Waals surface area contributed by atoms with Crippen LogP contribution in [0.15, 0.2) is 59.6 Å². The van der Waals surface area contributed by atoms with E-state index in [0.717, 1.165) is 29.3 Å². The fourth-order valence-electron chi connectivity index (χ4n) is 3.40. The number of anilines is 2. The van der Waals surface area contributed by atoms with Gasteiger partial charge in [-0.2, -0.15) is 0 Å². The molecule has 6 nitrogen and oxygen atoms in total. The molecule has 2 aromatic carbocycles. The number of fused-ring (bicyclic) bond motifs is 2. The van der Waals surface area contributed by atoms with Crippen LogP contribution in [0.2, 0.25) is 0 Å². The number of hydrogen-bond acceptors (Lipinski definition) is 4. The summed E-state index contributed by atoms with van der Waals surface area (Å²) in [6, 6.07) is 13.9. The van der Waals surface area contributed by atoms with Gasteiger partial charge in [0.05, 0.1) is 10.4 Å². The zero-order valence-corrected chi connectivity index (χ0v) is 15.7. The fraction of sp³-hybridized carbons (Fsp3) is 0.200. The summed E-state index contributed by atoms with van der Waals surface area (Å²) in [7, 11) is -3.77. The van der Waals surface area contributed by atoms with Crippen LogP contribution in [-0.2, 0) is 21.2 Å². The van der Waals surface area contributed by atoms with E-state index in [2.05, 4.69) is 9.71 Å². The van der Waals surface area contributed by atoms with E-state index >= 15 is 0 Å². The molecule has 0 aliphatic carbocycles. The van der Waals surface area contributed by atoms with Crippen LogP contribution in [0, 0.1) is 0 Å². The van der Waals surface area contributed by atoms with Gasteiger partial charge >= 0.3 is 0 Å². The van der Waals surface area contributed by atoms with E-state index in [1.807, 2.05) is 6.07 Å². The highest BCUT2D eigenvalue weighted by atomic mass is 32.2. The molecule has 0 radical (unpaired) electrons. The second-order valence-electron chi connectivity index (χ2n) is 6.58. The number of carbonyl (C=O) groups is 1. The maximum Gasteiger partial charge on any atom is 0.261 e. The lowest BCUT2D eigenvalue weighted by molar-refractivity contribution is -0.116. The summed E-state index contributed by atoms with van der Waals surface area (Å²) in [6.45, 7) is 2.11. The summed E-state index contributed by atoms with van der Waals surface area (Å²) in [5.74, 6) is -0.0829. The third kappa shape index (κ3) is 3.38. The standard InChI is InChI=1S/C20H19N3O3S/c1-14(24)23-11-3-5-15-6-8-18(13-20(15)23)27(25,26)22-17-7-9-19-16(12-17)4-2-10-21-19/h2,4,6-10,12-13,22H,3,5,11H2,1H3. The van der Waals surface area contributed by atoms with Crippen molar-refractivity contribution in [1.29, 1.82) is 0 Å². The van der Waals surface area contributed by atoms with Crippen molar-refractivity contribution in [3.8, 4) is 0 Å². The second-order valence-corrected chi connectivity index (χ2v) is 8.26. The van der Waals surface area contributed by atoms with Crippen molar-refractivity contribution in [2.45, 2.75) is 24.7 Å². The highest BCUT2D eigenvalue weighted by Gasteiger charge is 2.23. The number of benzene rings is 2. The lowest BCUT2D eigenvalue weighted by atomic mass is 10.0. The molecule has 0 saturated heterocycles. The van der Waals surface area contributed by atoms with Crippen LogP contribution in [0.4, 0.5) is 11.4 Å². The third-order valence-corrected chi connectivity index (χ3v) is 6.10. The maximum atomic E-state index is 12.9. The van der Waals surface area contributed by atoms with E-state index in [9.17, 15) is 13.2 Å². The van der Waals surface area contributed by atoms with E-state index in [4.69, 9.17) is 0 Å². The quantitative estimate of drug-likeness (QED) is 0.755. The molecule has 1 N–H and O–H groups in total. The summed E-state index contributed by atoms with van der Waals surface area (Å²) in [5.41, 5.74) is 2.94. The number of amides is 1. The molecule has 0 spiro atoms. The monoisotopic (exact) mass is 381 g/mol. The first-order valence-corrected chi connectivity index (χ1v) is 10.2. The van der Waals surface area contributed by atoms with E-state index < -0.39 is 10.0 Å². The van der Waals surface area contributed by atoms with Gasteiger partial charge in [-0.15, -0.1) is 0 Å². The van der Waals surface area contributed by atoms with Gasteiger partial charge in [-0.1, -0.05) is 12.1 Å². The molecule has 1 amide bonds. The Balaban J connectivity index is 1.69. The smallest absolute Gasteiger partial charge is 0.261 e. The number of sulfonamides is 1. The van der Waals surface area contributed by atoms with Crippen LogP contribution in [0.5, 0.6) is 0 Å². The molecule has 0 saturated carbocycles. The van der Waals surface area contributed by atoms with Crippen LogP contribution >= 0.6 is 0 Å². The zero-order chi connectivity index (χ0) is 19.0. The molecule has 7 heteroatoms. The Kier molecular flexibility index (Phi) is 4.31. The predicted octanol–water partition coefficient (Wildman–Crippen LogP) is 3.33. The topological polar surface area (TPSA) is 79.4 Å². The van der Waals surface area contributed by atoms with Crippen LogP contribution in [0.3, 0.4) is 0 Å². The molecule has 0 bridgehead atoms. The zero-order valence-electron chi connectivity index (χ0n) is 14.8. The average Bonchev–Trinajstić information content (AvgIpc) is 2.66. The maximum absolute atomic E-state index is 12.9. The van der Waals surface area contributed by atoms with Crippen molar-refractivity contribution in [1.82, 2.24) is 4.98 Å². The number of carbonyl (C=O) groups excluding carboxylic acids is 1. The van der Waals surface area contributed by atoms with Crippen LogP contribution in [0.25, 0.3) is 10.9 Å². The molecule has 1 aliphatic rings. The number of aromatic nitrogens is 1. The normalized spacial score (nSPS) is 14.0. The number of nitrogens with zero attached hydrogens (tertiary/aromatic N) is 2. The molecule has 27 heavy (non-hydrogen) atoms. The van der Waals surface area contributed by atoms with Gasteiger partial charge in [0.1, 0.15) is 0 Å². The van der Waals surface area contributed by atoms with Crippen molar-refractivity contribution in [2.75, 3.05) is 16.2 Å². The van der Waals surface area contributed by atoms with E-state index in [0.29, 0.717) is 17.9 Å². The fourth-order valence-corrected chi connectivity index (χ4v) is 4.47. The summed E-state index contributed by atoms with van der Waals surface area (Å²) >= 11 is 0. The molecule has 3 aromatic rings. The Morgan fingerprint density at radius 3 is 2.81 bits per heavy atom. The Labute approximate surface area is 157 Å². The van der Waals surface area contributed by atoms with Gasteiger partial charge in [0, 0.05) is 36.4 Å². The number of nitrogens with one attached hydrogen (secondary N) is 1. The summed E-state index contributed by atoms with van der Waals surface area (Å²) in [5, 5.41) is 0.853. The van der Waals surface area contributed by atoms with Gasteiger partial charge in [-0.05, 0) is 54.8 Å². The third-order valence-electron chi connectivity index (χ3n) is 4.72. The van der Waals surface area contributed by atoms with Crippen molar-refractivity contribution in [3.05, 3.63) is 60.3 Å². The van der Waals surface area contributed by atoms with Crippen molar-refractivity contribution < 1.29 is 13.2 Å². The second kappa shape index (κ2) is 6.66. The lowest BCUT2D eigenvalue weighted by Crippen LogP contribution is -2.33. The number of hydrogen-bond donors (Lipinski definition) is 1. The Morgan fingerprint density at radius 2 is 2.00 bits per heavy atom. The van der Waals surface area contributed by atoms with Crippen LogP contribution < -0.4 is 9.62 Å². The van der Waals surface area contributed by atoms with E-state index in [1.54, 1.807) is 53.6 Å². The summed E-state index contributed by atoms with van der Waals surface area (Å²) < 4.78 is 28.4. The molecular weight excluding hydrogens is 362 g/mol. The van der Waals surface area contributed by atoms with Gasteiger partial charge in [0.15, 0.2) is 0 Å². The molecule has 1 aromatic heterocycles. The first-order valence-electron chi connectivity index (χ1n) is 8.73. The minimum absolute atomic E-state index is 0.0829. The molecule has 1 aliphatic heterocycles. The highest BCUT2D eigenvalue weighted by molar-refractivity contribution is 7.92. The van der Waals surface area contributed by atoms with Gasteiger partial charge in [-0.3, -0.25) is 14.5 Å². The largest absolute Gasteiger partial charge is 0.312 e. The van der Waals surface area contributed by atoms with Crippen molar-refractivity contribution >= 4 is 38.2 Å². The van der Waals surface area contributed by atoms with Crippen molar-refractivity contribution in [2.24, 2.45) is 0 Å². The molecule has 0 atom stereocenters. The Bertz CT molecular complexity index is 1140. The first kappa shape index (κ1) is 17.5. The minimum atomic E-state index is -3.77. The van der Waals surface area contributed by atoms with Gasteiger partial charge in [0.25, 0.3) is 10.0 Å². The van der Waals surface area contributed by atoms with E-state index in [1.165, 1.54) is 6.92 Å². The Hall–Kier alpha value is -2.93. The molecule has 4 rings (SSSR count). The minimum Gasteiger partial charge on any atom is -0.312 e. The van der Waals surface area contributed by atoms with E-state index in [-0.39, 0.29) is 10.8 Å². The first-order chi connectivity index (χ1) is 12.9. The number of pyridine rings is 1. The Morgan fingerprint density at radius 1 is 1.15 bits per heavy atom. The van der Waals surface area contributed by atoms with Gasteiger partial charge in [0.2, 0.25) is 5.91 Å². The average molecular weight is 381 g/mol. The molecule has 0 fully saturated rings. The van der Waals surface area contributed by atoms with Gasteiger partial charge in [-0.25, -0.2) is 8.42 Å². The number of aryl methyl sites for hydroxylation is 1. The molecular formula is C20H19N3O3S. The van der Waals surface area contributed by atoms with Gasteiger partial charge < -0.3 is 4.90 Å². The summed E-state index contributed by atoms with van der Waals surface area (Å²) in [6.07, 6.45) is 3.41. The molecule has 2 heterocycles. The van der Waals surface area contributed by atoms with Crippen LogP contribution in [0.1, 0.15) is 18.9 Å².